The molecule has 0 spiro atoms. The van der Waals surface area contributed by atoms with Crippen LogP contribution in [0.1, 0.15) is 11.1 Å². The molecule has 4 nitrogen and oxygen atoms in total. The highest BCUT2D eigenvalue weighted by molar-refractivity contribution is 7.80. The maximum atomic E-state index is 12.5. The lowest BCUT2D eigenvalue weighted by Gasteiger charge is -2.28. The summed E-state index contributed by atoms with van der Waals surface area (Å²) in [6.45, 7) is 1.98. The van der Waals surface area contributed by atoms with Crippen molar-refractivity contribution in [1.29, 1.82) is 0 Å². The summed E-state index contributed by atoms with van der Waals surface area (Å²) in [5, 5.41) is 11.0. The van der Waals surface area contributed by atoms with Gasteiger partial charge in [-0.3, -0.25) is 4.79 Å². The van der Waals surface area contributed by atoms with Gasteiger partial charge < -0.3 is 16.0 Å². The van der Waals surface area contributed by atoms with Gasteiger partial charge in [0.1, 0.15) is 6.17 Å². The second-order valence-electron chi connectivity index (χ2n) is 6.83. The molecule has 0 bridgehead atoms. The number of alkyl halides is 3. The molecule has 0 fully saturated rings. The molecule has 0 saturated carbocycles. The number of aryl methyl sites for hydroxylation is 1. The number of carbonyl (C=O) groups is 1. The first kappa shape index (κ1) is 22.6. The van der Waals surface area contributed by atoms with Crippen molar-refractivity contribution in [2.45, 2.75) is 23.3 Å². The fourth-order valence-corrected chi connectivity index (χ4v) is 3.48. The maximum Gasteiger partial charge on any atom is 0.228 e. The molecule has 0 radical (unpaired) electrons. The number of hydrogen-bond acceptors (Lipinski definition) is 2. The monoisotopic (exact) mass is 479 g/mol. The SMILES string of the molecule is Cc1ccc(CC(=O)NC(NC(=S)Nc2cccc3ccccc23)C(Cl)(Cl)Cl)cc1. The van der Waals surface area contributed by atoms with Crippen LogP contribution in [0.25, 0.3) is 10.8 Å². The Morgan fingerprint density at radius 1 is 0.967 bits per heavy atom. The molecular formula is C22H20Cl3N3OS. The average molecular weight is 481 g/mol. The third kappa shape index (κ3) is 6.22. The minimum atomic E-state index is -1.81. The van der Waals surface area contributed by atoms with E-state index in [9.17, 15) is 4.79 Å². The molecular weight excluding hydrogens is 461 g/mol. The summed E-state index contributed by atoms with van der Waals surface area (Å²) in [6.07, 6.45) is -0.863. The number of benzene rings is 3. The summed E-state index contributed by atoms with van der Waals surface area (Å²) >= 11 is 23.6. The first-order valence-electron chi connectivity index (χ1n) is 9.19. The van der Waals surface area contributed by atoms with Gasteiger partial charge in [-0.2, -0.15) is 0 Å². The fourth-order valence-electron chi connectivity index (χ4n) is 2.93. The van der Waals surface area contributed by atoms with E-state index < -0.39 is 9.96 Å². The second kappa shape index (κ2) is 9.84. The average Bonchev–Trinajstić information content (AvgIpc) is 2.69. The van der Waals surface area contributed by atoms with Gasteiger partial charge in [0, 0.05) is 11.1 Å². The summed E-state index contributed by atoms with van der Waals surface area (Å²) in [5.74, 6) is -0.296. The third-order valence-corrected chi connectivity index (χ3v) is 5.31. The van der Waals surface area contributed by atoms with Crippen molar-refractivity contribution >= 4 is 74.5 Å². The van der Waals surface area contributed by atoms with Crippen molar-refractivity contribution in [3.63, 3.8) is 0 Å². The van der Waals surface area contributed by atoms with Crippen molar-refractivity contribution in [3.05, 3.63) is 77.9 Å². The Kier molecular flexibility index (Phi) is 7.42. The van der Waals surface area contributed by atoms with Crippen molar-refractivity contribution in [2.75, 3.05) is 5.32 Å². The molecule has 0 aliphatic rings. The van der Waals surface area contributed by atoms with E-state index in [0.717, 1.165) is 27.6 Å². The van der Waals surface area contributed by atoms with E-state index in [1.54, 1.807) is 0 Å². The number of halogens is 3. The molecule has 3 aromatic carbocycles. The Morgan fingerprint density at radius 2 is 1.63 bits per heavy atom. The molecule has 3 N–H and O–H groups in total. The van der Waals surface area contributed by atoms with Gasteiger partial charge in [-0.25, -0.2) is 0 Å². The van der Waals surface area contributed by atoms with E-state index in [4.69, 9.17) is 47.0 Å². The van der Waals surface area contributed by atoms with Gasteiger partial charge in [-0.1, -0.05) is 101 Å². The molecule has 156 valence electrons. The lowest BCUT2D eigenvalue weighted by Crippen LogP contribution is -2.56. The van der Waals surface area contributed by atoms with Gasteiger partial charge in [0.05, 0.1) is 6.42 Å². The molecule has 30 heavy (non-hydrogen) atoms. The van der Waals surface area contributed by atoms with E-state index in [-0.39, 0.29) is 17.4 Å². The molecule has 0 aliphatic heterocycles. The van der Waals surface area contributed by atoms with Crippen molar-refractivity contribution in [2.24, 2.45) is 0 Å². The normalized spacial score (nSPS) is 12.3. The van der Waals surface area contributed by atoms with Crippen molar-refractivity contribution < 1.29 is 4.79 Å². The fraction of sp³-hybridized carbons (Fsp3) is 0.182. The lowest BCUT2D eigenvalue weighted by molar-refractivity contribution is -0.121. The topological polar surface area (TPSA) is 53.2 Å². The quantitative estimate of drug-likeness (QED) is 0.257. The van der Waals surface area contributed by atoms with Crippen molar-refractivity contribution in [3.8, 4) is 0 Å². The van der Waals surface area contributed by atoms with E-state index >= 15 is 0 Å². The van der Waals surface area contributed by atoms with Crippen LogP contribution in [0, 0.1) is 6.92 Å². The van der Waals surface area contributed by atoms with Crippen LogP contribution < -0.4 is 16.0 Å². The zero-order chi connectivity index (χ0) is 21.7. The number of nitrogens with one attached hydrogen (secondary N) is 3. The first-order valence-corrected chi connectivity index (χ1v) is 10.7. The van der Waals surface area contributed by atoms with Crippen LogP contribution in [0.2, 0.25) is 0 Å². The van der Waals surface area contributed by atoms with E-state index in [1.807, 2.05) is 73.7 Å². The molecule has 1 amide bonds. The molecule has 8 heteroatoms. The molecule has 0 heterocycles. The zero-order valence-corrected chi connectivity index (χ0v) is 19.2. The van der Waals surface area contributed by atoms with E-state index in [0.29, 0.717) is 0 Å². The van der Waals surface area contributed by atoms with Crippen LogP contribution in [-0.4, -0.2) is 21.0 Å². The number of amides is 1. The Hall–Kier alpha value is -2.05. The van der Waals surface area contributed by atoms with Crippen molar-refractivity contribution in [1.82, 2.24) is 10.6 Å². The number of hydrogen-bond donors (Lipinski definition) is 3. The van der Waals surface area contributed by atoms with Crippen LogP contribution in [0.5, 0.6) is 0 Å². The highest BCUT2D eigenvalue weighted by atomic mass is 35.6. The Labute approximate surface area is 195 Å². The predicted octanol–water partition coefficient (Wildman–Crippen LogP) is 5.49. The molecule has 3 aromatic rings. The molecule has 1 unspecified atom stereocenters. The van der Waals surface area contributed by atoms with E-state index in [2.05, 4.69) is 16.0 Å². The Morgan fingerprint density at radius 3 is 2.33 bits per heavy atom. The van der Waals surface area contributed by atoms with Crippen LogP contribution in [0.15, 0.2) is 66.7 Å². The molecule has 0 saturated heterocycles. The van der Waals surface area contributed by atoms with Gasteiger partial charge in [-0.05, 0) is 36.2 Å². The summed E-state index contributed by atoms with van der Waals surface area (Å²) in [4.78, 5) is 12.5. The molecule has 1 atom stereocenters. The molecule has 0 aliphatic carbocycles. The minimum absolute atomic E-state index is 0.155. The first-order chi connectivity index (χ1) is 14.2. The van der Waals surface area contributed by atoms with Gasteiger partial charge in [0.25, 0.3) is 0 Å². The van der Waals surface area contributed by atoms with Crippen LogP contribution in [0.3, 0.4) is 0 Å². The van der Waals surface area contributed by atoms with Gasteiger partial charge in [-0.15, -0.1) is 0 Å². The third-order valence-electron chi connectivity index (χ3n) is 4.43. The number of fused-ring (bicyclic) bond motifs is 1. The summed E-state index contributed by atoms with van der Waals surface area (Å²) in [7, 11) is 0. The number of thiocarbonyl (C=S) groups is 1. The van der Waals surface area contributed by atoms with Crippen LogP contribution >= 0.6 is 47.0 Å². The van der Waals surface area contributed by atoms with E-state index in [1.165, 1.54) is 0 Å². The van der Waals surface area contributed by atoms with Crippen LogP contribution in [0.4, 0.5) is 5.69 Å². The summed E-state index contributed by atoms with van der Waals surface area (Å²) in [5.41, 5.74) is 2.78. The maximum absolute atomic E-state index is 12.5. The van der Waals surface area contributed by atoms with Gasteiger partial charge >= 0.3 is 0 Å². The highest BCUT2D eigenvalue weighted by Crippen LogP contribution is 2.29. The Balaban J connectivity index is 1.67. The Bertz CT molecular complexity index is 1050. The lowest BCUT2D eigenvalue weighted by atomic mass is 10.1. The smallest absolute Gasteiger partial charge is 0.228 e. The number of rotatable bonds is 5. The number of carbonyl (C=O) groups excluding carboxylic acids is 1. The zero-order valence-electron chi connectivity index (χ0n) is 16.1. The second-order valence-corrected chi connectivity index (χ2v) is 9.61. The summed E-state index contributed by atoms with van der Waals surface area (Å²) in [6, 6.07) is 21.4. The highest BCUT2D eigenvalue weighted by Gasteiger charge is 2.34. The minimum Gasteiger partial charge on any atom is -0.339 e. The predicted molar refractivity (Wildman–Crippen MR) is 130 cm³/mol. The molecule has 0 aromatic heterocycles. The standard InChI is InChI=1S/C22H20Cl3N3OS/c1-14-9-11-15(12-10-14)13-19(29)27-20(22(23,24)25)28-21(30)26-18-8-4-6-16-5-2-3-7-17(16)18/h2-12,20H,13H2,1H3,(H,27,29)(H2,26,28,30). The summed E-state index contributed by atoms with van der Waals surface area (Å²) < 4.78 is -1.81. The van der Waals surface area contributed by atoms with Crippen LogP contribution in [-0.2, 0) is 11.2 Å². The largest absolute Gasteiger partial charge is 0.339 e. The molecule has 3 rings (SSSR count). The van der Waals surface area contributed by atoms with Gasteiger partial charge in [0.2, 0.25) is 9.70 Å². The number of anilines is 1. The van der Waals surface area contributed by atoms with Gasteiger partial charge in [0.15, 0.2) is 5.11 Å².